The van der Waals surface area contributed by atoms with Crippen molar-refractivity contribution in [2.75, 3.05) is 17.2 Å². The number of rotatable bonds is 1. The predicted octanol–water partition coefficient (Wildman–Crippen LogP) is 4.46. The zero-order valence-electron chi connectivity index (χ0n) is 11.4. The molecule has 1 aliphatic heterocycles. The molecule has 0 N–H and O–H groups in total. The summed E-state index contributed by atoms with van der Waals surface area (Å²) in [5.74, 6) is 0.320. The minimum atomic E-state index is -4.45. The van der Waals surface area contributed by atoms with Gasteiger partial charge in [0, 0.05) is 22.8 Å². The van der Waals surface area contributed by atoms with Crippen LogP contribution in [0.2, 0.25) is 0 Å². The van der Waals surface area contributed by atoms with Crippen LogP contribution in [0.15, 0.2) is 53.4 Å². The maximum Gasteiger partial charge on any atom is 0.416 e. The normalized spacial score (nSPS) is 14.6. The Labute approximate surface area is 129 Å². The first-order valence-corrected chi connectivity index (χ1v) is 7.66. The first-order chi connectivity index (χ1) is 10.5. The number of carbonyl (C=O) groups excluding carboxylic acids is 1. The number of hydrogen-bond donors (Lipinski definition) is 0. The summed E-state index contributed by atoms with van der Waals surface area (Å²) >= 11 is 1.64. The van der Waals surface area contributed by atoms with Crippen LogP contribution >= 0.6 is 11.8 Å². The molecule has 1 amide bonds. The largest absolute Gasteiger partial charge is 0.416 e. The van der Waals surface area contributed by atoms with Gasteiger partial charge in [-0.25, -0.2) is 0 Å². The molecule has 2 aromatic carbocycles. The summed E-state index contributed by atoms with van der Waals surface area (Å²) in [6.45, 7) is 0.483. The highest BCUT2D eigenvalue weighted by Crippen LogP contribution is 2.35. The van der Waals surface area contributed by atoms with Crippen LogP contribution in [0.25, 0.3) is 0 Å². The van der Waals surface area contributed by atoms with E-state index in [0.717, 1.165) is 28.5 Å². The molecule has 0 spiro atoms. The molecule has 0 fully saturated rings. The van der Waals surface area contributed by atoms with E-state index in [9.17, 15) is 18.0 Å². The molecular formula is C16H12F3NOS. The Kier molecular flexibility index (Phi) is 3.87. The van der Waals surface area contributed by atoms with Crippen molar-refractivity contribution in [1.29, 1.82) is 0 Å². The molecule has 0 atom stereocenters. The summed E-state index contributed by atoms with van der Waals surface area (Å²) in [6.07, 6.45) is -4.45. The number of nitrogens with zero attached hydrogens (tertiary/aromatic N) is 1. The molecule has 0 aromatic heterocycles. The third kappa shape index (κ3) is 2.83. The van der Waals surface area contributed by atoms with E-state index in [2.05, 4.69) is 0 Å². The van der Waals surface area contributed by atoms with E-state index in [0.29, 0.717) is 6.54 Å². The minimum absolute atomic E-state index is 0.0523. The molecule has 1 heterocycles. The van der Waals surface area contributed by atoms with Crippen molar-refractivity contribution in [2.24, 2.45) is 0 Å². The SMILES string of the molecule is O=C(c1cccc(C(F)(F)F)c1)N1CCSc2ccccc21. The van der Waals surface area contributed by atoms with Crippen molar-refractivity contribution in [3.63, 3.8) is 0 Å². The fourth-order valence-corrected chi connectivity index (χ4v) is 3.36. The number of fused-ring (bicyclic) bond motifs is 1. The minimum Gasteiger partial charge on any atom is -0.306 e. The van der Waals surface area contributed by atoms with Crippen LogP contribution in [-0.2, 0) is 6.18 Å². The second kappa shape index (κ2) is 5.68. The van der Waals surface area contributed by atoms with Gasteiger partial charge in [-0.3, -0.25) is 4.79 Å². The monoisotopic (exact) mass is 323 g/mol. The van der Waals surface area contributed by atoms with Gasteiger partial charge in [0.05, 0.1) is 11.3 Å². The lowest BCUT2D eigenvalue weighted by Gasteiger charge is -2.29. The van der Waals surface area contributed by atoms with E-state index in [-0.39, 0.29) is 5.56 Å². The number of halogens is 3. The predicted molar refractivity (Wildman–Crippen MR) is 80.3 cm³/mol. The fourth-order valence-electron chi connectivity index (χ4n) is 2.36. The Bertz CT molecular complexity index is 715. The van der Waals surface area contributed by atoms with Crippen LogP contribution in [0.4, 0.5) is 18.9 Å². The zero-order valence-corrected chi connectivity index (χ0v) is 12.2. The molecule has 1 aliphatic rings. The maximum absolute atomic E-state index is 12.8. The number of thioether (sulfide) groups is 1. The number of alkyl halides is 3. The molecule has 0 aliphatic carbocycles. The lowest BCUT2D eigenvalue weighted by Crippen LogP contribution is -2.35. The Morgan fingerprint density at radius 2 is 1.86 bits per heavy atom. The summed E-state index contributed by atoms with van der Waals surface area (Å²) < 4.78 is 38.4. The number of amides is 1. The van der Waals surface area contributed by atoms with Gasteiger partial charge in [0.15, 0.2) is 0 Å². The van der Waals surface area contributed by atoms with Gasteiger partial charge in [-0.1, -0.05) is 18.2 Å². The standard InChI is InChI=1S/C16H12F3NOS/c17-16(18,19)12-5-3-4-11(10-12)15(21)20-8-9-22-14-7-2-1-6-13(14)20/h1-7,10H,8-9H2. The first-order valence-electron chi connectivity index (χ1n) is 6.68. The van der Waals surface area contributed by atoms with Crippen molar-refractivity contribution in [2.45, 2.75) is 11.1 Å². The molecule has 0 unspecified atom stereocenters. The summed E-state index contributed by atoms with van der Waals surface area (Å²) in [4.78, 5) is 15.1. The quantitative estimate of drug-likeness (QED) is 0.772. The number of hydrogen-bond acceptors (Lipinski definition) is 2. The smallest absolute Gasteiger partial charge is 0.306 e. The third-order valence-electron chi connectivity index (χ3n) is 3.41. The average Bonchev–Trinajstić information content (AvgIpc) is 2.53. The van der Waals surface area contributed by atoms with Crippen LogP contribution in [0.5, 0.6) is 0 Å². The Hall–Kier alpha value is -1.95. The Morgan fingerprint density at radius 1 is 1.09 bits per heavy atom. The topological polar surface area (TPSA) is 20.3 Å². The van der Waals surface area contributed by atoms with E-state index in [1.165, 1.54) is 12.1 Å². The average molecular weight is 323 g/mol. The van der Waals surface area contributed by atoms with Crippen molar-refractivity contribution < 1.29 is 18.0 Å². The summed E-state index contributed by atoms with van der Waals surface area (Å²) in [5.41, 5.74) is -0.00397. The van der Waals surface area contributed by atoms with Crippen LogP contribution in [0.1, 0.15) is 15.9 Å². The van der Waals surface area contributed by atoms with Crippen LogP contribution in [0, 0.1) is 0 Å². The summed E-state index contributed by atoms with van der Waals surface area (Å²) in [5, 5.41) is 0. The van der Waals surface area contributed by atoms with Gasteiger partial charge in [0.1, 0.15) is 0 Å². The zero-order chi connectivity index (χ0) is 15.7. The third-order valence-corrected chi connectivity index (χ3v) is 4.45. The Balaban J connectivity index is 1.96. The highest BCUT2D eigenvalue weighted by molar-refractivity contribution is 7.99. The van der Waals surface area contributed by atoms with Gasteiger partial charge < -0.3 is 4.90 Å². The van der Waals surface area contributed by atoms with Gasteiger partial charge >= 0.3 is 6.18 Å². The molecule has 0 saturated heterocycles. The van der Waals surface area contributed by atoms with E-state index in [4.69, 9.17) is 0 Å². The number of anilines is 1. The summed E-state index contributed by atoms with van der Waals surface area (Å²) in [7, 11) is 0. The highest BCUT2D eigenvalue weighted by Gasteiger charge is 2.32. The molecule has 0 bridgehead atoms. The van der Waals surface area contributed by atoms with Gasteiger partial charge in [0.2, 0.25) is 0 Å². The van der Waals surface area contributed by atoms with Crippen molar-refractivity contribution in [3.05, 3.63) is 59.7 Å². The van der Waals surface area contributed by atoms with Gasteiger partial charge in [-0.15, -0.1) is 11.8 Å². The van der Waals surface area contributed by atoms with Crippen LogP contribution in [0.3, 0.4) is 0 Å². The van der Waals surface area contributed by atoms with Gasteiger partial charge in [-0.05, 0) is 30.3 Å². The molecule has 0 radical (unpaired) electrons. The molecule has 0 saturated carbocycles. The van der Waals surface area contributed by atoms with Gasteiger partial charge in [0.25, 0.3) is 5.91 Å². The number of carbonyl (C=O) groups is 1. The second-order valence-electron chi connectivity index (χ2n) is 4.85. The van der Waals surface area contributed by atoms with E-state index < -0.39 is 17.6 Å². The van der Waals surface area contributed by atoms with Crippen molar-refractivity contribution in [3.8, 4) is 0 Å². The maximum atomic E-state index is 12.8. The van der Waals surface area contributed by atoms with E-state index in [1.54, 1.807) is 16.7 Å². The van der Waals surface area contributed by atoms with Crippen molar-refractivity contribution in [1.82, 2.24) is 0 Å². The lowest BCUT2D eigenvalue weighted by atomic mass is 10.1. The molecular weight excluding hydrogens is 311 g/mol. The lowest BCUT2D eigenvalue weighted by molar-refractivity contribution is -0.137. The molecule has 2 nitrogen and oxygen atoms in total. The number of benzene rings is 2. The van der Waals surface area contributed by atoms with Crippen LogP contribution < -0.4 is 4.90 Å². The number of para-hydroxylation sites is 1. The second-order valence-corrected chi connectivity index (χ2v) is 5.99. The first kappa shape index (κ1) is 15.0. The highest BCUT2D eigenvalue weighted by atomic mass is 32.2. The summed E-state index contributed by atoms with van der Waals surface area (Å²) in [6, 6.07) is 12.0. The molecule has 3 rings (SSSR count). The fraction of sp³-hybridized carbons (Fsp3) is 0.188. The molecule has 22 heavy (non-hydrogen) atoms. The Morgan fingerprint density at radius 3 is 2.64 bits per heavy atom. The molecule has 114 valence electrons. The molecule has 6 heteroatoms. The van der Waals surface area contributed by atoms with E-state index >= 15 is 0 Å². The van der Waals surface area contributed by atoms with Crippen LogP contribution in [-0.4, -0.2) is 18.2 Å². The van der Waals surface area contributed by atoms with E-state index in [1.807, 2.05) is 24.3 Å². The van der Waals surface area contributed by atoms with Crippen molar-refractivity contribution >= 4 is 23.4 Å². The van der Waals surface area contributed by atoms with Gasteiger partial charge in [-0.2, -0.15) is 13.2 Å². The molecule has 2 aromatic rings.